The summed E-state index contributed by atoms with van der Waals surface area (Å²) < 4.78 is 4.84. The van der Waals surface area contributed by atoms with E-state index in [1.807, 2.05) is 11.3 Å². The third-order valence-corrected chi connectivity index (χ3v) is 11.2. The van der Waals surface area contributed by atoms with Crippen molar-refractivity contribution in [1.82, 2.24) is 14.5 Å². The second-order valence-electron chi connectivity index (χ2n) is 13.0. The van der Waals surface area contributed by atoms with E-state index in [0.29, 0.717) is 0 Å². The van der Waals surface area contributed by atoms with E-state index in [-0.39, 0.29) is 5.41 Å². The van der Waals surface area contributed by atoms with Crippen LogP contribution >= 0.6 is 11.3 Å². The van der Waals surface area contributed by atoms with E-state index in [1.165, 1.54) is 53.2 Å². The van der Waals surface area contributed by atoms with Crippen LogP contribution in [-0.4, -0.2) is 14.5 Å². The Hall–Kier alpha value is -5.58. The highest BCUT2D eigenvalue weighted by atomic mass is 32.1. The Morgan fingerprint density at radius 1 is 0.574 bits per heavy atom. The van der Waals surface area contributed by atoms with Gasteiger partial charge in [-0.15, -0.1) is 11.3 Å². The Morgan fingerprint density at radius 2 is 1.30 bits per heavy atom. The van der Waals surface area contributed by atoms with Crippen LogP contribution in [0.1, 0.15) is 25.0 Å². The fraction of sp³-hybridized carbons (Fsp3) is 0.0698. The molecule has 0 N–H and O–H groups in total. The van der Waals surface area contributed by atoms with E-state index >= 15 is 0 Å². The predicted molar refractivity (Wildman–Crippen MR) is 198 cm³/mol. The molecule has 0 saturated carbocycles. The van der Waals surface area contributed by atoms with Gasteiger partial charge in [0.05, 0.1) is 16.7 Å². The third-order valence-electron chi connectivity index (χ3n) is 10.0. The molecule has 3 aromatic heterocycles. The lowest BCUT2D eigenvalue weighted by Gasteiger charge is -2.22. The van der Waals surface area contributed by atoms with Gasteiger partial charge in [-0.25, -0.2) is 9.97 Å². The van der Waals surface area contributed by atoms with Crippen LogP contribution in [0.4, 0.5) is 0 Å². The van der Waals surface area contributed by atoms with E-state index < -0.39 is 0 Å². The van der Waals surface area contributed by atoms with Crippen molar-refractivity contribution < 1.29 is 0 Å². The molecule has 47 heavy (non-hydrogen) atoms. The number of nitrogens with zero attached hydrogens (tertiary/aromatic N) is 3. The quantitative estimate of drug-likeness (QED) is 0.197. The molecule has 0 aliphatic heterocycles. The Morgan fingerprint density at radius 3 is 2.19 bits per heavy atom. The SMILES string of the molecule is CC1(C)c2ccccc2-c2ccc3c(c21)c1ccccc1n3-c1cc(-c2ccccc2)nc(-c2cccc3c2sc2ccccc23)n1. The average molecular weight is 620 g/mol. The minimum absolute atomic E-state index is 0.136. The highest BCUT2D eigenvalue weighted by Crippen LogP contribution is 2.53. The normalized spacial score (nSPS) is 13.5. The number of thiophene rings is 1. The van der Waals surface area contributed by atoms with Crippen molar-refractivity contribution in [2.24, 2.45) is 0 Å². The van der Waals surface area contributed by atoms with Crippen LogP contribution in [0.3, 0.4) is 0 Å². The summed E-state index contributed by atoms with van der Waals surface area (Å²) in [5.74, 6) is 1.60. The maximum atomic E-state index is 5.42. The van der Waals surface area contributed by atoms with Gasteiger partial charge >= 0.3 is 0 Å². The van der Waals surface area contributed by atoms with Crippen LogP contribution in [0.25, 0.3) is 81.6 Å². The minimum Gasteiger partial charge on any atom is -0.294 e. The molecule has 4 heteroatoms. The smallest absolute Gasteiger partial charge is 0.163 e. The number of aromatic nitrogens is 3. The van der Waals surface area contributed by atoms with Crippen molar-refractivity contribution in [2.75, 3.05) is 0 Å². The number of benzene rings is 6. The van der Waals surface area contributed by atoms with Gasteiger partial charge in [-0.2, -0.15) is 0 Å². The van der Waals surface area contributed by atoms with Gasteiger partial charge in [0.2, 0.25) is 0 Å². The van der Waals surface area contributed by atoms with Gasteiger partial charge in [-0.3, -0.25) is 4.57 Å². The van der Waals surface area contributed by atoms with Gasteiger partial charge in [-0.1, -0.05) is 123 Å². The lowest BCUT2D eigenvalue weighted by atomic mass is 9.80. The highest BCUT2D eigenvalue weighted by molar-refractivity contribution is 7.26. The molecule has 222 valence electrons. The zero-order chi connectivity index (χ0) is 31.3. The Labute approximate surface area is 276 Å². The molecule has 1 aliphatic rings. The van der Waals surface area contributed by atoms with Crippen molar-refractivity contribution in [3.05, 3.63) is 151 Å². The first-order valence-electron chi connectivity index (χ1n) is 16.1. The molecule has 0 unspecified atom stereocenters. The van der Waals surface area contributed by atoms with Crippen molar-refractivity contribution in [2.45, 2.75) is 19.3 Å². The molecule has 0 fully saturated rings. The fourth-order valence-electron chi connectivity index (χ4n) is 7.93. The molecule has 3 nitrogen and oxygen atoms in total. The summed E-state index contributed by atoms with van der Waals surface area (Å²) in [6, 6.07) is 50.1. The Balaban J connectivity index is 1.30. The van der Waals surface area contributed by atoms with E-state index in [4.69, 9.17) is 9.97 Å². The summed E-state index contributed by atoms with van der Waals surface area (Å²) >= 11 is 1.81. The summed E-state index contributed by atoms with van der Waals surface area (Å²) in [5.41, 5.74) is 10.6. The predicted octanol–water partition coefficient (Wildman–Crippen LogP) is 11.6. The van der Waals surface area contributed by atoms with E-state index in [2.05, 4.69) is 158 Å². The number of para-hydroxylation sites is 1. The van der Waals surface area contributed by atoms with Crippen LogP contribution in [-0.2, 0) is 5.41 Å². The molecular weight excluding hydrogens is 591 g/mol. The summed E-state index contributed by atoms with van der Waals surface area (Å²) in [5, 5.41) is 5.06. The van der Waals surface area contributed by atoms with Gasteiger partial charge < -0.3 is 0 Å². The summed E-state index contributed by atoms with van der Waals surface area (Å²) in [4.78, 5) is 10.7. The van der Waals surface area contributed by atoms with Crippen LogP contribution in [0.2, 0.25) is 0 Å². The van der Waals surface area contributed by atoms with Gasteiger partial charge in [0.15, 0.2) is 5.82 Å². The fourth-order valence-corrected chi connectivity index (χ4v) is 9.14. The van der Waals surface area contributed by atoms with Crippen molar-refractivity contribution >= 4 is 53.3 Å². The van der Waals surface area contributed by atoms with Crippen LogP contribution in [0.15, 0.2) is 140 Å². The molecule has 0 bridgehead atoms. The maximum Gasteiger partial charge on any atom is 0.163 e. The lowest BCUT2D eigenvalue weighted by Crippen LogP contribution is -2.15. The average Bonchev–Trinajstić information content (AvgIpc) is 3.74. The maximum absolute atomic E-state index is 5.42. The number of rotatable bonds is 3. The van der Waals surface area contributed by atoms with Crippen LogP contribution in [0.5, 0.6) is 0 Å². The lowest BCUT2D eigenvalue weighted by molar-refractivity contribution is 0.666. The summed E-state index contributed by atoms with van der Waals surface area (Å²) in [7, 11) is 0. The van der Waals surface area contributed by atoms with E-state index in [1.54, 1.807) is 0 Å². The number of hydrogen-bond donors (Lipinski definition) is 0. The van der Waals surface area contributed by atoms with Gasteiger partial charge in [-0.05, 0) is 46.5 Å². The molecule has 0 spiro atoms. The second-order valence-corrected chi connectivity index (χ2v) is 14.0. The molecule has 1 aliphatic carbocycles. The van der Waals surface area contributed by atoms with Crippen LogP contribution in [0, 0.1) is 0 Å². The molecule has 0 amide bonds. The largest absolute Gasteiger partial charge is 0.294 e. The minimum atomic E-state index is -0.136. The molecule has 6 aromatic carbocycles. The monoisotopic (exact) mass is 619 g/mol. The molecule has 9 aromatic rings. The van der Waals surface area contributed by atoms with Crippen molar-refractivity contribution in [1.29, 1.82) is 0 Å². The summed E-state index contributed by atoms with van der Waals surface area (Å²) in [6.07, 6.45) is 0. The Kier molecular flexibility index (Phi) is 5.50. The van der Waals surface area contributed by atoms with Gasteiger partial charge in [0.1, 0.15) is 5.82 Å². The second kappa shape index (κ2) is 9.71. The van der Waals surface area contributed by atoms with Gasteiger partial charge in [0.25, 0.3) is 0 Å². The molecule has 0 radical (unpaired) electrons. The first-order valence-corrected chi connectivity index (χ1v) is 16.9. The standard InChI is InChI=1S/C43H29N3S/c1-43(2)33-20-9-6-15-27(33)29-23-24-36-39(40(29)43)31-17-7-10-21-35(31)46(36)38-25-34(26-13-4-3-5-14-26)44-42(45-38)32-19-12-18-30-28-16-8-11-22-37(28)47-41(30)32/h3-25H,1-2H3. The van der Waals surface area contributed by atoms with Crippen molar-refractivity contribution in [3.8, 4) is 39.6 Å². The zero-order valence-electron chi connectivity index (χ0n) is 26.0. The summed E-state index contributed by atoms with van der Waals surface area (Å²) in [6.45, 7) is 4.73. The molecule has 10 rings (SSSR count). The topological polar surface area (TPSA) is 30.7 Å². The van der Waals surface area contributed by atoms with Gasteiger partial charge in [0, 0.05) is 53.6 Å². The number of hydrogen-bond acceptors (Lipinski definition) is 3. The molecular formula is C43H29N3S. The highest BCUT2D eigenvalue weighted by Gasteiger charge is 2.38. The third kappa shape index (κ3) is 3.73. The first-order chi connectivity index (χ1) is 23.1. The molecule has 0 atom stereocenters. The van der Waals surface area contributed by atoms with Crippen molar-refractivity contribution in [3.63, 3.8) is 0 Å². The Bertz CT molecular complexity index is 2710. The zero-order valence-corrected chi connectivity index (χ0v) is 26.8. The van der Waals surface area contributed by atoms with Crippen LogP contribution < -0.4 is 0 Å². The first kappa shape index (κ1) is 26.6. The van der Waals surface area contributed by atoms with E-state index in [0.717, 1.165) is 39.5 Å². The van der Waals surface area contributed by atoms with E-state index in [9.17, 15) is 0 Å². The number of fused-ring (bicyclic) bond motifs is 10. The molecule has 0 saturated heterocycles. The molecule has 3 heterocycles.